The summed E-state index contributed by atoms with van der Waals surface area (Å²) in [6.07, 6.45) is 6.05. The van der Waals surface area contributed by atoms with Crippen LogP contribution < -0.4 is 16.2 Å². The molecule has 1 aliphatic carbocycles. The van der Waals surface area contributed by atoms with Crippen molar-refractivity contribution in [3.8, 4) is 0 Å². The number of rotatable bonds is 4. The van der Waals surface area contributed by atoms with Gasteiger partial charge in [-0.1, -0.05) is 44.9 Å². The van der Waals surface area contributed by atoms with Gasteiger partial charge in [0.1, 0.15) is 0 Å². The van der Waals surface area contributed by atoms with E-state index in [4.69, 9.17) is 12.2 Å². The van der Waals surface area contributed by atoms with Gasteiger partial charge in [0.25, 0.3) is 0 Å². The first-order valence-electron chi connectivity index (χ1n) is 9.44. The number of nitrogens with zero attached hydrogens (tertiary/aromatic N) is 1. The number of para-hydroxylation sites is 1. The second-order valence-corrected chi connectivity index (χ2v) is 7.75. The van der Waals surface area contributed by atoms with Crippen LogP contribution in [0.1, 0.15) is 39.5 Å². The van der Waals surface area contributed by atoms with Crippen LogP contribution >= 0.6 is 12.2 Å². The molecular formula is C20H28N4OS. The minimum atomic E-state index is -0.0722. The molecule has 0 spiro atoms. The van der Waals surface area contributed by atoms with Gasteiger partial charge in [-0.15, -0.1) is 0 Å². The fourth-order valence-electron chi connectivity index (χ4n) is 3.74. The standard InChI is InChI=1S/C20H28N4OS/c1-14-6-5-8-17(15(14)2)21-20(26)23-22-19(25)11-13-24-12-10-16-7-3-4-9-18(16)24/h3-4,7,9-10,12,14-15,17H,5-6,8,11,13H2,1-2H3,(H,22,25)(H2,21,23,26)/t14-,15-,17+/m1/s1. The molecule has 6 heteroatoms. The van der Waals surface area contributed by atoms with Gasteiger partial charge in [0.05, 0.1) is 0 Å². The summed E-state index contributed by atoms with van der Waals surface area (Å²) in [4.78, 5) is 12.1. The van der Waals surface area contributed by atoms with Gasteiger partial charge in [0.2, 0.25) is 5.91 Å². The van der Waals surface area contributed by atoms with Crippen LogP contribution in [0, 0.1) is 11.8 Å². The van der Waals surface area contributed by atoms with Crippen LogP contribution in [0.4, 0.5) is 0 Å². The molecule has 1 amide bonds. The summed E-state index contributed by atoms with van der Waals surface area (Å²) in [6.45, 7) is 5.20. The van der Waals surface area contributed by atoms with Gasteiger partial charge in [-0.25, -0.2) is 0 Å². The summed E-state index contributed by atoms with van der Waals surface area (Å²) >= 11 is 5.33. The van der Waals surface area contributed by atoms with E-state index in [1.165, 1.54) is 18.2 Å². The maximum absolute atomic E-state index is 12.1. The van der Waals surface area contributed by atoms with Crippen LogP contribution in [0.5, 0.6) is 0 Å². The molecule has 1 aromatic carbocycles. The summed E-state index contributed by atoms with van der Waals surface area (Å²) in [5, 5.41) is 5.03. The Bertz CT molecular complexity index is 772. The Hall–Kier alpha value is -2.08. The van der Waals surface area contributed by atoms with Crippen molar-refractivity contribution in [2.45, 2.75) is 52.1 Å². The summed E-state index contributed by atoms with van der Waals surface area (Å²) < 4.78 is 2.09. The maximum atomic E-state index is 12.1. The van der Waals surface area contributed by atoms with Gasteiger partial charge in [0, 0.05) is 30.7 Å². The number of benzene rings is 1. The van der Waals surface area contributed by atoms with Gasteiger partial charge in [-0.05, 0) is 48.0 Å². The highest BCUT2D eigenvalue weighted by Crippen LogP contribution is 2.29. The molecule has 0 radical (unpaired) electrons. The molecule has 0 aliphatic heterocycles. The molecule has 2 aromatic rings. The van der Waals surface area contributed by atoms with Crippen LogP contribution in [0.2, 0.25) is 0 Å². The molecule has 1 saturated carbocycles. The third-order valence-corrected chi connectivity index (χ3v) is 5.82. The summed E-state index contributed by atoms with van der Waals surface area (Å²) in [5.74, 6) is 1.22. The monoisotopic (exact) mass is 372 g/mol. The SMILES string of the molecule is C[C@@H]1[C@H](C)CCC[C@@H]1NC(=S)NNC(=O)CCn1ccc2ccccc21. The lowest BCUT2D eigenvalue weighted by Crippen LogP contribution is -2.52. The maximum Gasteiger partial charge on any atom is 0.240 e. The van der Waals surface area contributed by atoms with E-state index < -0.39 is 0 Å². The number of aromatic nitrogens is 1. The second-order valence-electron chi connectivity index (χ2n) is 7.34. The first kappa shape index (κ1) is 18.7. The van der Waals surface area contributed by atoms with Crippen LogP contribution in [0.3, 0.4) is 0 Å². The number of hydrogen-bond acceptors (Lipinski definition) is 2. The molecule has 140 valence electrons. The predicted molar refractivity (Wildman–Crippen MR) is 110 cm³/mol. The Balaban J connectivity index is 1.41. The number of carbonyl (C=O) groups excluding carboxylic acids is 1. The topological polar surface area (TPSA) is 58.1 Å². The Morgan fingerprint density at radius 1 is 1.19 bits per heavy atom. The predicted octanol–water partition coefficient (Wildman–Crippen LogP) is 3.35. The quantitative estimate of drug-likeness (QED) is 0.569. The van der Waals surface area contributed by atoms with Crippen molar-refractivity contribution in [2.24, 2.45) is 11.8 Å². The van der Waals surface area contributed by atoms with Crippen molar-refractivity contribution < 1.29 is 4.79 Å². The molecule has 1 aliphatic rings. The normalized spacial score (nSPS) is 22.8. The van der Waals surface area contributed by atoms with Gasteiger partial charge < -0.3 is 9.88 Å². The van der Waals surface area contributed by atoms with Gasteiger partial charge in [0.15, 0.2) is 5.11 Å². The number of fused-ring (bicyclic) bond motifs is 1. The Kier molecular flexibility index (Phi) is 6.14. The van der Waals surface area contributed by atoms with E-state index >= 15 is 0 Å². The van der Waals surface area contributed by atoms with E-state index in [9.17, 15) is 4.79 Å². The second kappa shape index (κ2) is 8.54. The van der Waals surface area contributed by atoms with Crippen LogP contribution in [0.25, 0.3) is 10.9 Å². The highest BCUT2D eigenvalue weighted by Gasteiger charge is 2.27. The minimum absolute atomic E-state index is 0.0722. The van der Waals surface area contributed by atoms with E-state index in [2.05, 4.69) is 52.8 Å². The minimum Gasteiger partial charge on any atom is -0.358 e. The number of hydrogen-bond donors (Lipinski definition) is 3. The highest BCUT2D eigenvalue weighted by atomic mass is 32.1. The van der Waals surface area contributed by atoms with E-state index in [-0.39, 0.29) is 5.91 Å². The Labute approximate surface area is 160 Å². The molecule has 5 nitrogen and oxygen atoms in total. The summed E-state index contributed by atoms with van der Waals surface area (Å²) in [5.41, 5.74) is 6.69. The molecule has 1 fully saturated rings. The number of nitrogens with one attached hydrogen (secondary N) is 3. The smallest absolute Gasteiger partial charge is 0.240 e. The molecule has 26 heavy (non-hydrogen) atoms. The van der Waals surface area contributed by atoms with Gasteiger partial charge >= 0.3 is 0 Å². The zero-order valence-corrected chi connectivity index (χ0v) is 16.3. The van der Waals surface area contributed by atoms with Crippen LogP contribution in [-0.2, 0) is 11.3 Å². The Morgan fingerprint density at radius 2 is 2.00 bits per heavy atom. The van der Waals surface area contributed by atoms with Crippen molar-refractivity contribution in [2.75, 3.05) is 0 Å². The van der Waals surface area contributed by atoms with Crippen molar-refractivity contribution in [3.63, 3.8) is 0 Å². The number of carbonyl (C=O) groups is 1. The summed E-state index contributed by atoms with van der Waals surface area (Å²) in [6, 6.07) is 10.6. The van der Waals surface area contributed by atoms with Crippen molar-refractivity contribution in [3.05, 3.63) is 36.5 Å². The number of thiocarbonyl (C=S) groups is 1. The molecule has 1 aromatic heterocycles. The van der Waals surface area contributed by atoms with Crippen LogP contribution in [-0.4, -0.2) is 21.6 Å². The lowest BCUT2D eigenvalue weighted by molar-refractivity contribution is -0.121. The number of amides is 1. The fourth-order valence-corrected chi connectivity index (χ4v) is 3.94. The zero-order chi connectivity index (χ0) is 18.5. The largest absolute Gasteiger partial charge is 0.358 e. The molecule has 0 saturated heterocycles. The number of hydrazine groups is 1. The van der Waals surface area contributed by atoms with E-state index in [0.29, 0.717) is 36.0 Å². The van der Waals surface area contributed by atoms with Crippen molar-refractivity contribution >= 4 is 34.1 Å². The third kappa shape index (κ3) is 4.55. The average molecular weight is 373 g/mol. The fraction of sp³-hybridized carbons (Fsp3) is 0.500. The summed E-state index contributed by atoms with van der Waals surface area (Å²) in [7, 11) is 0. The zero-order valence-electron chi connectivity index (χ0n) is 15.5. The first-order valence-corrected chi connectivity index (χ1v) is 9.84. The first-order chi connectivity index (χ1) is 12.5. The molecule has 3 N–H and O–H groups in total. The van der Waals surface area contributed by atoms with Crippen LogP contribution in [0.15, 0.2) is 36.5 Å². The Morgan fingerprint density at radius 3 is 2.85 bits per heavy atom. The molecule has 0 unspecified atom stereocenters. The third-order valence-electron chi connectivity index (χ3n) is 5.60. The van der Waals surface area contributed by atoms with Gasteiger partial charge in [-0.3, -0.25) is 15.6 Å². The lowest BCUT2D eigenvalue weighted by Gasteiger charge is -2.35. The lowest BCUT2D eigenvalue weighted by atomic mass is 9.78. The molecule has 3 rings (SSSR count). The van der Waals surface area contributed by atoms with Gasteiger partial charge in [-0.2, -0.15) is 0 Å². The molecule has 1 heterocycles. The van der Waals surface area contributed by atoms with E-state index in [1.54, 1.807) is 0 Å². The molecule has 3 atom stereocenters. The van der Waals surface area contributed by atoms with Crippen molar-refractivity contribution in [1.82, 2.24) is 20.7 Å². The van der Waals surface area contributed by atoms with E-state index in [0.717, 1.165) is 11.9 Å². The highest BCUT2D eigenvalue weighted by molar-refractivity contribution is 7.80. The van der Waals surface area contributed by atoms with Crippen molar-refractivity contribution in [1.29, 1.82) is 0 Å². The molecular weight excluding hydrogens is 344 g/mol. The molecule has 0 bridgehead atoms. The average Bonchev–Trinajstić information content (AvgIpc) is 3.05. The van der Waals surface area contributed by atoms with E-state index in [1.807, 2.05) is 18.3 Å². The number of aryl methyl sites for hydroxylation is 1.